The molecule has 0 unspecified atom stereocenters. The third-order valence-corrected chi connectivity index (χ3v) is 3.90. The van der Waals surface area contributed by atoms with Gasteiger partial charge in [0, 0.05) is 12.6 Å². The number of nitrogens with zero attached hydrogens (tertiary/aromatic N) is 3. The summed E-state index contributed by atoms with van der Waals surface area (Å²) in [4.78, 5) is 9.03. The predicted octanol–water partition coefficient (Wildman–Crippen LogP) is 3.37. The molecule has 0 aliphatic heterocycles. The van der Waals surface area contributed by atoms with Gasteiger partial charge in [-0.05, 0) is 24.8 Å². The number of halogens is 1. The van der Waals surface area contributed by atoms with Gasteiger partial charge in [0.1, 0.15) is 11.3 Å². The average Bonchev–Trinajstić information content (AvgIpc) is 3.20. The van der Waals surface area contributed by atoms with Crippen molar-refractivity contribution in [3.63, 3.8) is 0 Å². The molecule has 0 N–H and O–H groups in total. The van der Waals surface area contributed by atoms with E-state index in [-0.39, 0.29) is 0 Å². The lowest BCUT2D eigenvalue weighted by Crippen LogP contribution is -2.04. The standard InChI is InChI=1S/C14H18ClN3O/c1-19-13-7-6-11-14(17-13)18(12(9-15)16-11)8-2-3-10-4-5-10/h6-7,10H,2-5,8-9H2,1H3. The zero-order valence-corrected chi connectivity index (χ0v) is 11.9. The van der Waals surface area contributed by atoms with Crippen LogP contribution in [0.3, 0.4) is 0 Å². The molecule has 0 aromatic carbocycles. The van der Waals surface area contributed by atoms with Crippen molar-refractivity contribution in [2.45, 2.75) is 38.1 Å². The smallest absolute Gasteiger partial charge is 0.215 e. The summed E-state index contributed by atoms with van der Waals surface area (Å²) in [5, 5.41) is 0. The molecule has 3 rings (SSSR count). The van der Waals surface area contributed by atoms with Gasteiger partial charge in [-0.3, -0.25) is 0 Å². The molecule has 0 radical (unpaired) electrons. The summed E-state index contributed by atoms with van der Waals surface area (Å²) in [5.74, 6) is 2.89. The second-order valence-corrected chi connectivity index (χ2v) is 5.36. The van der Waals surface area contributed by atoms with Crippen LogP contribution in [0.15, 0.2) is 12.1 Å². The van der Waals surface area contributed by atoms with Crippen molar-refractivity contribution >= 4 is 22.8 Å². The number of alkyl halides is 1. The van der Waals surface area contributed by atoms with E-state index in [0.717, 1.165) is 29.5 Å². The van der Waals surface area contributed by atoms with Crippen molar-refractivity contribution in [3.8, 4) is 5.88 Å². The van der Waals surface area contributed by atoms with Gasteiger partial charge >= 0.3 is 0 Å². The van der Waals surface area contributed by atoms with Crippen LogP contribution in [0.4, 0.5) is 0 Å². The molecule has 0 amide bonds. The average molecular weight is 280 g/mol. The van der Waals surface area contributed by atoms with E-state index < -0.39 is 0 Å². The van der Waals surface area contributed by atoms with Gasteiger partial charge in [0.25, 0.3) is 0 Å². The van der Waals surface area contributed by atoms with E-state index >= 15 is 0 Å². The summed E-state index contributed by atoms with van der Waals surface area (Å²) >= 11 is 5.99. The molecule has 2 aromatic heterocycles. The van der Waals surface area contributed by atoms with Gasteiger partial charge in [0.15, 0.2) is 5.65 Å². The number of hydrogen-bond donors (Lipinski definition) is 0. The van der Waals surface area contributed by atoms with E-state index in [1.807, 2.05) is 12.1 Å². The molecule has 0 saturated heterocycles. The summed E-state index contributed by atoms with van der Waals surface area (Å²) in [7, 11) is 1.63. The quantitative estimate of drug-likeness (QED) is 0.761. The lowest BCUT2D eigenvalue weighted by atomic mass is 10.2. The first-order chi connectivity index (χ1) is 9.31. The van der Waals surface area contributed by atoms with E-state index in [1.54, 1.807) is 7.11 Å². The van der Waals surface area contributed by atoms with E-state index in [0.29, 0.717) is 11.8 Å². The molecular formula is C14H18ClN3O. The van der Waals surface area contributed by atoms with Gasteiger partial charge in [-0.1, -0.05) is 12.8 Å². The van der Waals surface area contributed by atoms with Gasteiger partial charge < -0.3 is 9.30 Å². The summed E-state index contributed by atoms with van der Waals surface area (Å²) in [6.07, 6.45) is 5.27. The van der Waals surface area contributed by atoms with Crippen molar-refractivity contribution in [1.82, 2.24) is 14.5 Å². The summed E-state index contributed by atoms with van der Waals surface area (Å²) < 4.78 is 7.32. The van der Waals surface area contributed by atoms with Crippen LogP contribution in [-0.2, 0) is 12.4 Å². The third kappa shape index (κ3) is 2.68. The summed E-state index contributed by atoms with van der Waals surface area (Å²) in [5.41, 5.74) is 1.77. The Morgan fingerprint density at radius 2 is 2.21 bits per heavy atom. The molecule has 2 heterocycles. The highest BCUT2D eigenvalue weighted by Crippen LogP contribution is 2.33. The van der Waals surface area contributed by atoms with Crippen LogP contribution in [0.1, 0.15) is 31.5 Å². The lowest BCUT2D eigenvalue weighted by molar-refractivity contribution is 0.398. The Morgan fingerprint density at radius 1 is 1.37 bits per heavy atom. The van der Waals surface area contributed by atoms with Crippen molar-refractivity contribution in [2.75, 3.05) is 7.11 Å². The monoisotopic (exact) mass is 279 g/mol. The number of rotatable bonds is 6. The Labute approximate surface area is 117 Å². The van der Waals surface area contributed by atoms with E-state index in [1.165, 1.54) is 25.7 Å². The largest absolute Gasteiger partial charge is 0.481 e. The van der Waals surface area contributed by atoms with Crippen LogP contribution in [0, 0.1) is 5.92 Å². The fourth-order valence-corrected chi connectivity index (χ4v) is 2.63. The minimum atomic E-state index is 0.419. The van der Waals surface area contributed by atoms with Crippen LogP contribution in [0.2, 0.25) is 0 Å². The molecule has 1 aliphatic rings. The first-order valence-electron chi connectivity index (χ1n) is 6.78. The minimum absolute atomic E-state index is 0.419. The number of imidazole rings is 1. The van der Waals surface area contributed by atoms with Gasteiger partial charge in [-0.15, -0.1) is 11.6 Å². The second-order valence-electron chi connectivity index (χ2n) is 5.10. The van der Waals surface area contributed by atoms with Crippen LogP contribution in [0.25, 0.3) is 11.2 Å². The van der Waals surface area contributed by atoms with Crippen LogP contribution in [-0.4, -0.2) is 21.6 Å². The molecule has 0 bridgehead atoms. The highest BCUT2D eigenvalue weighted by molar-refractivity contribution is 6.16. The summed E-state index contributed by atoms with van der Waals surface area (Å²) in [6, 6.07) is 3.77. The molecule has 0 spiro atoms. The highest BCUT2D eigenvalue weighted by atomic mass is 35.5. The van der Waals surface area contributed by atoms with Crippen LogP contribution in [0.5, 0.6) is 5.88 Å². The van der Waals surface area contributed by atoms with E-state index in [2.05, 4.69) is 14.5 Å². The Bertz CT molecular complexity index is 577. The molecular weight excluding hydrogens is 262 g/mol. The highest BCUT2D eigenvalue weighted by Gasteiger charge is 2.21. The Hall–Kier alpha value is -1.29. The van der Waals surface area contributed by atoms with Gasteiger partial charge in [-0.25, -0.2) is 4.98 Å². The van der Waals surface area contributed by atoms with Crippen LogP contribution < -0.4 is 4.74 Å². The molecule has 1 fully saturated rings. The maximum atomic E-state index is 5.99. The molecule has 5 heteroatoms. The van der Waals surface area contributed by atoms with Crippen molar-refractivity contribution in [1.29, 1.82) is 0 Å². The zero-order valence-electron chi connectivity index (χ0n) is 11.1. The number of fused-ring (bicyclic) bond motifs is 1. The number of methoxy groups -OCH3 is 1. The lowest BCUT2D eigenvalue weighted by Gasteiger charge is -2.07. The van der Waals surface area contributed by atoms with Crippen LogP contribution >= 0.6 is 11.6 Å². The first kappa shape index (κ1) is 12.7. The Morgan fingerprint density at radius 3 is 2.89 bits per heavy atom. The fourth-order valence-electron chi connectivity index (χ4n) is 2.43. The van der Waals surface area contributed by atoms with E-state index in [9.17, 15) is 0 Å². The van der Waals surface area contributed by atoms with E-state index in [4.69, 9.17) is 16.3 Å². The van der Waals surface area contributed by atoms with Crippen molar-refractivity contribution < 1.29 is 4.74 Å². The molecule has 19 heavy (non-hydrogen) atoms. The predicted molar refractivity (Wildman–Crippen MR) is 75.6 cm³/mol. The molecule has 4 nitrogen and oxygen atoms in total. The van der Waals surface area contributed by atoms with Crippen molar-refractivity contribution in [2.24, 2.45) is 5.92 Å². The maximum absolute atomic E-state index is 5.99. The number of aromatic nitrogens is 3. The van der Waals surface area contributed by atoms with Gasteiger partial charge in [-0.2, -0.15) is 4.98 Å². The number of ether oxygens (including phenoxy) is 1. The maximum Gasteiger partial charge on any atom is 0.215 e. The number of pyridine rings is 1. The minimum Gasteiger partial charge on any atom is -0.481 e. The third-order valence-electron chi connectivity index (χ3n) is 3.67. The fraction of sp³-hybridized carbons (Fsp3) is 0.571. The van der Waals surface area contributed by atoms with Gasteiger partial charge in [0.2, 0.25) is 5.88 Å². The SMILES string of the molecule is COc1ccc2nc(CCl)n(CCCC3CC3)c2n1. The van der Waals surface area contributed by atoms with Crippen molar-refractivity contribution in [3.05, 3.63) is 18.0 Å². The number of hydrogen-bond acceptors (Lipinski definition) is 3. The second kappa shape index (κ2) is 5.37. The normalized spacial score (nSPS) is 15.1. The molecule has 0 atom stereocenters. The Kier molecular flexibility index (Phi) is 3.60. The zero-order chi connectivity index (χ0) is 13.2. The Balaban J connectivity index is 1.88. The topological polar surface area (TPSA) is 39.9 Å². The first-order valence-corrected chi connectivity index (χ1v) is 7.31. The molecule has 1 saturated carbocycles. The number of aryl methyl sites for hydroxylation is 1. The molecule has 1 aliphatic carbocycles. The molecule has 102 valence electrons. The van der Waals surface area contributed by atoms with Gasteiger partial charge in [0.05, 0.1) is 13.0 Å². The molecule has 2 aromatic rings. The summed E-state index contributed by atoms with van der Waals surface area (Å²) in [6.45, 7) is 0.940.